The SMILES string of the molecule is COc1ccc2nc(N3CCCC(N4CCNC4=O)C3)c(C)cc2c1. The molecular weight excluding hydrogens is 316 g/mol. The Bertz CT molecular complexity index is 807. The van der Waals surface area contributed by atoms with E-state index in [1.54, 1.807) is 7.11 Å². The first kappa shape index (κ1) is 16.0. The summed E-state index contributed by atoms with van der Waals surface area (Å²) >= 11 is 0. The highest BCUT2D eigenvalue weighted by molar-refractivity contribution is 5.83. The number of carbonyl (C=O) groups excluding carboxylic acids is 1. The lowest BCUT2D eigenvalue weighted by atomic mass is 10.0. The Morgan fingerprint density at radius 1 is 1.28 bits per heavy atom. The highest BCUT2D eigenvalue weighted by atomic mass is 16.5. The van der Waals surface area contributed by atoms with Crippen LogP contribution in [0.2, 0.25) is 0 Å². The third kappa shape index (κ3) is 2.97. The number of nitrogens with one attached hydrogen (secondary N) is 1. The molecular formula is C19H24N4O2. The van der Waals surface area contributed by atoms with Crippen molar-refractivity contribution >= 4 is 22.8 Å². The van der Waals surface area contributed by atoms with Crippen LogP contribution in [0.3, 0.4) is 0 Å². The number of benzene rings is 1. The smallest absolute Gasteiger partial charge is 0.317 e. The van der Waals surface area contributed by atoms with Crippen LogP contribution in [0.1, 0.15) is 18.4 Å². The lowest BCUT2D eigenvalue weighted by Gasteiger charge is -2.38. The van der Waals surface area contributed by atoms with Gasteiger partial charge >= 0.3 is 6.03 Å². The first-order valence-corrected chi connectivity index (χ1v) is 8.90. The van der Waals surface area contributed by atoms with Gasteiger partial charge < -0.3 is 19.9 Å². The summed E-state index contributed by atoms with van der Waals surface area (Å²) in [6.45, 7) is 5.50. The van der Waals surface area contributed by atoms with Gasteiger partial charge in [-0.15, -0.1) is 0 Å². The number of carbonyl (C=O) groups is 1. The molecule has 4 rings (SSSR count). The number of urea groups is 1. The largest absolute Gasteiger partial charge is 0.497 e. The van der Waals surface area contributed by atoms with Gasteiger partial charge in [-0.3, -0.25) is 0 Å². The normalized spacial score (nSPS) is 20.9. The van der Waals surface area contributed by atoms with Crippen LogP contribution in [0.5, 0.6) is 5.75 Å². The number of pyridine rings is 1. The molecule has 1 aromatic carbocycles. The second-order valence-electron chi connectivity index (χ2n) is 6.85. The van der Waals surface area contributed by atoms with Crippen molar-refractivity contribution in [2.24, 2.45) is 0 Å². The average molecular weight is 340 g/mol. The van der Waals surface area contributed by atoms with Gasteiger partial charge in [0, 0.05) is 31.6 Å². The maximum absolute atomic E-state index is 12.0. The molecule has 0 bridgehead atoms. The van der Waals surface area contributed by atoms with E-state index in [-0.39, 0.29) is 12.1 Å². The van der Waals surface area contributed by atoms with Gasteiger partial charge in [-0.1, -0.05) is 0 Å². The Kier molecular flexibility index (Phi) is 4.11. The van der Waals surface area contributed by atoms with Crippen molar-refractivity contribution in [3.63, 3.8) is 0 Å². The monoisotopic (exact) mass is 340 g/mol. The number of anilines is 1. The molecule has 1 atom stereocenters. The maximum Gasteiger partial charge on any atom is 0.317 e. The molecule has 1 N–H and O–H groups in total. The number of amides is 2. The molecule has 0 aliphatic carbocycles. The number of hydrogen-bond donors (Lipinski definition) is 1. The molecule has 2 aromatic rings. The van der Waals surface area contributed by atoms with Crippen molar-refractivity contribution in [1.82, 2.24) is 15.2 Å². The highest BCUT2D eigenvalue weighted by Crippen LogP contribution is 2.29. The summed E-state index contributed by atoms with van der Waals surface area (Å²) < 4.78 is 5.31. The van der Waals surface area contributed by atoms with Crippen molar-refractivity contribution in [2.45, 2.75) is 25.8 Å². The van der Waals surface area contributed by atoms with Crippen LogP contribution in [-0.2, 0) is 0 Å². The summed E-state index contributed by atoms with van der Waals surface area (Å²) in [5.74, 6) is 1.88. The first-order chi connectivity index (χ1) is 12.2. The lowest BCUT2D eigenvalue weighted by Crippen LogP contribution is -2.49. The van der Waals surface area contributed by atoms with E-state index in [0.29, 0.717) is 0 Å². The fourth-order valence-corrected chi connectivity index (χ4v) is 3.93. The molecule has 2 aliphatic heterocycles. The Balaban J connectivity index is 1.62. The topological polar surface area (TPSA) is 57.7 Å². The molecule has 0 radical (unpaired) electrons. The van der Waals surface area contributed by atoms with E-state index in [9.17, 15) is 4.79 Å². The molecule has 25 heavy (non-hydrogen) atoms. The van der Waals surface area contributed by atoms with Gasteiger partial charge in [0.05, 0.1) is 18.7 Å². The molecule has 2 saturated heterocycles. The van der Waals surface area contributed by atoms with Crippen molar-refractivity contribution in [3.8, 4) is 5.75 Å². The number of aryl methyl sites for hydroxylation is 1. The number of rotatable bonds is 3. The van der Waals surface area contributed by atoms with Gasteiger partial charge in [0.25, 0.3) is 0 Å². The average Bonchev–Trinajstić information content (AvgIpc) is 3.06. The van der Waals surface area contributed by atoms with E-state index < -0.39 is 0 Å². The summed E-state index contributed by atoms with van der Waals surface area (Å²) in [7, 11) is 1.68. The van der Waals surface area contributed by atoms with Gasteiger partial charge in [-0.05, 0) is 49.6 Å². The van der Waals surface area contributed by atoms with Crippen LogP contribution in [0.15, 0.2) is 24.3 Å². The Morgan fingerprint density at radius 2 is 2.16 bits per heavy atom. The van der Waals surface area contributed by atoms with Crippen molar-refractivity contribution in [2.75, 3.05) is 38.2 Å². The van der Waals surface area contributed by atoms with E-state index in [2.05, 4.69) is 23.2 Å². The Labute approximate surface area is 147 Å². The second-order valence-corrected chi connectivity index (χ2v) is 6.85. The van der Waals surface area contributed by atoms with Crippen LogP contribution >= 0.6 is 0 Å². The van der Waals surface area contributed by atoms with Gasteiger partial charge in [-0.25, -0.2) is 9.78 Å². The predicted octanol–water partition coefficient (Wildman–Crippen LogP) is 2.55. The number of ether oxygens (including phenoxy) is 1. The van der Waals surface area contributed by atoms with Gasteiger partial charge in [0.2, 0.25) is 0 Å². The molecule has 3 heterocycles. The number of hydrogen-bond acceptors (Lipinski definition) is 4. The minimum Gasteiger partial charge on any atom is -0.497 e. The Hall–Kier alpha value is -2.50. The molecule has 0 spiro atoms. The summed E-state index contributed by atoms with van der Waals surface area (Å²) in [5.41, 5.74) is 2.13. The lowest BCUT2D eigenvalue weighted by molar-refractivity contribution is 0.189. The fourth-order valence-electron chi connectivity index (χ4n) is 3.93. The molecule has 0 saturated carbocycles. The number of piperidine rings is 1. The van der Waals surface area contributed by atoms with E-state index in [1.165, 1.54) is 0 Å². The summed E-state index contributed by atoms with van der Waals surface area (Å²) in [4.78, 5) is 21.2. The molecule has 132 valence electrons. The highest BCUT2D eigenvalue weighted by Gasteiger charge is 2.32. The molecule has 1 aromatic heterocycles. The number of aromatic nitrogens is 1. The minimum absolute atomic E-state index is 0.0714. The number of nitrogens with zero attached hydrogens (tertiary/aromatic N) is 3. The van der Waals surface area contributed by atoms with Crippen LogP contribution in [-0.4, -0.2) is 55.2 Å². The molecule has 2 amide bonds. The number of fused-ring (bicyclic) bond motifs is 1. The van der Waals surface area contributed by atoms with E-state index in [1.807, 2.05) is 23.1 Å². The third-order valence-corrected chi connectivity index (χ3v) is 5.21. The fraction of sp³-hybridized carbons (Fsp3) is 0.474. The van der Waals surface area contributed by atoms with Crippen LogP contribution in [0.25, 0.3) is 10.9 Å². The molecule has 1 unspecified atom stereocenters. The first-order valence-electron chi connectivity index (χ1n) is 8.90. The second kappa shape index (κ2) is 6.43. The third-order valence-electron chi connectivity index (χ3n) is 5.21. The molecule has 6 heteroatoms. The zero-order valence-corrected chi connectivity index (χ0v) is 14.8. The van der Waals surface area contributed by atoms with Gasteiger partial charge in [-0.2, -0.15) is 0 Å². The molecule has 2 fully saturated rings. The summed E-state index contributed by atoms with van der Waals surface area (Å²) in [6, 6.07) is 8.49. The van der Waals surface area contributed by atoms with Crippen LogP contribution in [0, 0.1) is 6.92 Å². The predicted molar refractivity (Wildman–Crippen MR) is 98.4 cm³/mol. The quantitative estimate of drug-likeness (QED) is 0.933. The van der Waals surface area contributed by atoms with Gasteiger partial charge in [0.1, 0.15) is 11.6 Å². The summed E-state index contributed by atoms with van der Waals surface area (Å²) in [5, 5.41) is 4.00. The van der Waals surface area contributed by atoms with E-state index in [4.69, 9.17) is 9.72 Å². The summed E-state index contributed by atoms with van der Waals surface area (Å²) in [6.07, 6.45) is 2.14. The standard InChI is InChI=1S/C19H24N4O2/c1-13-10-14-11-16(25-2)5-6-17(14)21-18(13)22-8-3-4-15(12-22)23-9-7-20-19(23)24/h5-6,10-11,15H,3-4,7-9,12H2,1-2H3,(H,20,24). The van der Waals surface area contributed by atoms with Crippen molar-refractivity contribution < 1.29 is 9.53 Å². The van der Waals surface area contributed by atoms with Crippen molar-refractivity contribution in [3.05, 3.63) is 29.8 Å². The van der Waals surface area contributed by atoms with Gasteiger partial charge in [0.15, 0.2) is 0 Å². The van der Waals surface area contributed by atoms with E-state index in [0.717, 1.165) is 67.1 Å². The van der Waals surface area contributed by atoms with Crippen molar-refractivity contribution in [1.29, 1.82) is 0 Å². The van der Waals surface area contributed by atoms with Crippen LogP contribution in [0.4, 0.5) is 10.6 Å². The van der Waals surface area contributed by atoms with Crippen LogP contribution < -0.4 is 15.0 Å². The Morgan fingerprint density at radius 3 is 2.92 bits per heavy atom. The number of methoxy groups -OCH3 is 1. The molecule has 6 nitrogen and oxygen atoms in total. The zero-order chi connectivity index (χ0) is 17.4. The molecule has 2 aliphatic rings. The zero-order valence-electron chi connectivity index (χ0n) is 14.8. The maximum atomic E-state index is 12.0. The van der Waals surface area contributed by atoms with E-state index >= 15 is 0 Å². The minimum atomic E-state index is 0.0714.